The maximum absolute atomic E-state index is 12.2. The highest BCUT2D eigenvalue weighted by molar-refractivity contribution is 5.72. The molecule has 4 nitrogen and oxygen atoms in total. The number of unbranched alkanes of at least 4 members (excludes halogenated alkanes) is 3. The Kier molecular flexibility index (Phi) is 8.43. The first-order chi connectivity index (χ1) is 12.6. The van der Waals surface area contributed by atoms with Crippen LogP contribution >= 0.6 is 0 Å². The third kappa shape index (κ3) is 6.01. The van der Waals surface area contributed by atoms with Crippen molar-refractivity contribution in [2.24, 2.45) is 5.92 Å². The molecule has 1 fully saturated rings. The number of benzene rings is 1. The number of ether oxygens (including phenoxy) is 2. The highest BCUT2D eigenvalue weighted by atomic mass is 16.5. The second kappa shape index (κ2) is 10.6. The third-order valence-corrected chi connectivity index (χ3v) is 5.30. The minimum atomic E-state index is -0.846. The topological polar surface area (TPSA) is 55.8 Å². The zero-order chi connectivity index (χ0) is 18.8. The van der Waals surface area contributed by atoms with Crippen LogP contribution in [0.3, 0.4) is 0 Å². The first-order valence-corrected chi connectivity index (χ1v) is 10.2. The van der Waals surface area contributed by atoms with Gasteiger partial charge in [-0.2, -0.15) is 0 Å². The summed E-state index contributed by atoms with van der Waals surface area (Å²) < 4.78 is 11.1. The molecule has 0 amide bonds. The molecule has 0 heterocycles. The summed E-state index contributed by atoms with van der Waals surface area (Å²) in [6.07, 6.45) is 7.85. The maximum atomic E-state index is 12.2. The summed E-state index contributed by atoms with van der Waals surface area (Å²) in [4.78, 5) is 12.2. The van der Waals surface area contributed by atoms with E-state index in [-0.39, 0.29) is 11.9 Å². The van der Waals surface area contributed by atoms with Gasteiger partial charge in [-0.15, -0.1) is 0 Å². The molecule has 0 spiro atoms. The Labute approximate surface area is 157 Å². The van der Waals surface area contributed by atoms with Gasteiger partial charge in [-0.05, 0) is 56.2 Å². The Morgan fingerprint density at radius 2 is 1.69 bits per heavy atom. The van der Waals surface area contributed by atoms with Gasteiger partial charge in [0.2, 0.25) is 0 Å². The lowest BCUT2D eigenvalue weighted by molar-refractivity contribution is -0.152. The van der Waals surface area contributed by atoms with E-state index in [4.69, 9.17) is 9.47 Å². The van der Waals surface area contributed by atoms with Crippen molar-refractivity contribution in [3.05, 3.63) is 29.8 Å². The van der Waals surface area contributed by atoms with E-state index < -0.39 is 5.60 Å². The predicted octanol–water partition coefficient (Wildman–Crippen LogP) is 4.98. The molecule has 0 aromatic heterocycles. The Bertz CT molecular complexity index is 530. The van der Waals surface area contributed by atoms with E-state index in [1.54, 1.807) is 0 Å². The Balaban J connectivity index is 1.82. The average molecular weight is 363 g/mol. The van der Waals surface area contributed by atoms with Crippen LogP contribution in [-0.4, -0.2) is 24.3 Å². The Hall–Kier alpha value is -1.55. The third-order valence-electron chi connectivity index (χ3n) is 5.30. The molecule has 4 heteroatoms. The highest BCUT2D eigenvalue weighted by Crippen LogP contribution is 2.40. The van der Waals surface area contributed by atoms with E-state index in [0.717, 1.165) is 50.0 Å². The van der Waals surface area contributed by atoms with Gasteiger partial charge in [-0.1, -0.05) is 45.2 Å². The summed E-state index contributed by atoms with van der Waals surface area (Å²) >= 11 is 0. The zero-order valence-corrected chi connectivity index (χ0v) is 16.3. The van der Waals surface area contributed by atoms with Crippen LogP contribution < -0.4 is 4.74 Å². The number of carbonyl (C=O) groups excluding carboxylic acids is 1. The van der Waals surface area contributed by atoms with Crippen LogP contribution in [0.2, 0.25) is 0 Å². The van der Waals surface area contributed by atoms with Crippen LogP contribution in [0.15, 0.2) is 24.3 Å². The molecule has 1 aliphatic rings. The second-order valence-electron chi connectivity index (χ2n) is 7.41. The van der Waals surface area contributed by atoms with Crippen molar-refractivity contribution in [1.29, 1.82) is 0 Å². The molecule has 0 radical (unpaired) electrons. The molecule has 0 atom stereocenters. The van der Waals surface area contributed by atoms with Crippen molar-refractivity contribution in [1.82, 2.24) is 0 Å². The van der Waals surface area contributed by atoms with E-state index in [1.165, 1.54) is 0 Å². The fraction of sp³-hybridized carbons (Fsp3) is 0.682. The largest absolute Gasteiger partial charge is 0.494 e. The summed E-state index contributed by atoms with van der Waals surface area (Å²) in [5.74, 6) is 0.673. The first-order valence-electron chi connectivity index (χ1n) is 10.2. The van der Waals surface area contributed by atoms with Crippen molar-refractivity contribution < 1.29 is 19.4 Å². The van der Waals surface area contributed by atoms with E-state index in [2.05, 4.69) is 13.8 Å². The molecule has 0 aliphatic heterocycles. The van der Waals surface area contributed by atoms with Gasteiger partial charge in [0.25, 0.3) is 0 Å². The van der Waals surface area contributed by atoms with Gasteiger partial charge >= 0.3 is 5.97 Å². The highest BCUT2D eigenvalue weighted by Gasteiger charge is 2.37. The van der Waals surface area contributed by atoms with E-state index in [1.807, 2.05) is 24.3 Å². The standard InChI is InChI=1S/C22H34O4/c1-3-5-7-17-26-21(23)18-12-14-22(24,15-13-18)19-8-10-20(11-9-19)25-16-6-4-2/h8-11,18,24H,3-7,12-17H2,1-2H3. The van der Waals surface area contributed by atoms with Crippen LogP contribution in [0.1, 0.15) is 77.2 Å². The minimum absolute atomic E-state index is 0.0754. The molecule has 1 aliphatic carbocycles. The number of aliphatic hydroxyl groups is 1. The molecular formula is C22H34O4. The monoisotopic (exact) mass is 362 g/mol. The summed E-state index contributed by atoms with van der Waals surface area (Å²) in [6, 6.07) is 7.75. The van der Waals surface area contributed by atoms with Crippen LogP contribution in [-0.2, 0) is 15.1 Å². The van der Waals surface area contributed by atoms with Crippen LogP contribution in [0.5, 0.6) is 5.75 Å². The van der Waals surface area contributed by atoms with Crippen molar-refractivity contribution >= 4 is 5.97 Å². The quantitative estimate of drug-likeness (QED) is 0.471. The van der Waals surface area contributed by atoms with Gasteiger partial charge < -0.3 is 14.6 Å². The van der Waals surface area contributed by atoms with Crippen LogP contribution in [0.25, 0.3) is 0 Å². The Morgan fingerprint density at radius 1 is 1.04 bits per heavy atom. The van der Waals surface area contributed by atoms with Crippen molar-refractivity contribution in [2.75, 3.05) is 13.2 Å². The minimum Gasteiger partial charge on any atom is -0.494 e. The average Bonchev–Trinajstić information content (AvgIpc) is 2.66. The maximum Gasteiger partial charge on any atom is 0.308 e. The molecule has 1 N–H and O–H groups in total. The second-order valence-corrected chi connectivity index (χ2v) is 7.41. The van der Waals surface area contributed by atoms with Crippen LogP contribution in [0, 0.1) is 5.92 Å². The molecule has 146 valence electrons. The lowest BCUT2D eigenvalue weighted by atomic mass is 9.75. The van der Waals surface area contributed by atoms with Crippen molar-refractivity contribution in [2.45, 2.75) is 77.2 Å². The number of hydrogen-bond acceptors (Lipinski definition) is 4. The molecule has 0 saturated heterocycles. The summed E-state index contributed by atoms with van der Waals surface area (Å²) in [6.45, 7) is 5.52. The fourth-order valence-corrected chi connectivity index (χ4v) is 3.46. The summed E-state index contributed by atoms with van der Waals surface area (Å²) in [7, 11) is 0. The number of esters is 1. The van der Waals surface area contributed by atoms with Gasteiger partial charge in [0.15, 0.2) is 0 Å². The zero-order valence-electron chi connectivity index (χ0n) is 16.3. The summed E-state index contributed by atoms with van der Waals surface area (Å²) in [5.41, 5.74) is 0.0658. The SMILES string of the molecule is CCCCCOC(=O)C1CCC(O)(c2ccc(OCCCC)cc2)CC1. The number of carbonyl (C=O) groups is 1. The smallest absolute Gasteiger partial charge is 0.308 e. The van der Waals surface area contributed by atoms with Crippen molar-refractivity contribution in [3.8, 4) is 5.75 Å². The summed E-state index contributed by atoms with van der Waals surface area (Å²) in [5, 5.41) is 11.0. The van der Waals surface area contributed by atoms with Gasteiger partial charge in [0.05, 0.1) is 24.7 Å². The molecule has 1 aromatic carbocycles. The van der Waals surface area contributed by atoms with Crippen molar-refractivity contribution in [3.63, 3.8) is 0 Å². The molecule has 1 saturated carbocycles. The van der Waals surface area contributed by atoms with E-state index in [0.29, 0.717) is 32.3 Å². The number of hydrogen-bond donors (Lipinski definition) is 1. The Morgan fingerprint density at radius 3 is 2.31 bits per heavy atom. The number of rotatable bonds is 10. The lowest BCUT2D eigenvalue weighted by Gasteiger charge is -2.35. The van der Waals surface area contributed by atoms with Gasteiger partial charge in [0.1, 0.15) is 5.75 Å². The predicted molar refractivity (Wildman–Crippen MR) is 103 cm³/mol. The lowest BCUT2D eigenvalue weighted by Crippen LogP contribution is -2.34. The van der Waals surface area contributed by atoms with E-state index >= 15 is 0 Å². The first kappa shape index (κ1) is 20.8. The molecule has 2 rings (SSSR count). The molecule has 0 unspecified atom stereocenters. The van der Waals surface area contributed by atoms with Gasteiger partial charge in [-0.3, -0.25) is 4.79 Å². The van der Waals surface area contributed by atoms with Crippen LogP contribution in [0.4, 0.5) is 0 Å². The molecule has 0 bridgehead atoms. The van der Waals surface area contributed by atoms with E-state index in [9.17, 15) is 9.90 Å². The molecular weight excluding hydrogens is 328 g/mol. The molecule has 26 heavy (non-hydrogen) atoms. The van der Waals surface area contributed by atoms with Gasteiger partial charge in [0, 0.05) is 0 Å². The normalized spacial score (nSPS) is 22.8. The van der Waals surface area contributed by atoms with Gasteiger partial charge in [-0.25, -0.2) is 0 Å². The fourth-order valence-electron chi connectivity index (χ4n) is 3.46. The molecule has 1 aromatic rings.